The fraction of sp³-hybridized carbons (Fsp3) is 0.294. The number of hydrogen-bond donors (Lipinski definition) is 1. The fourth-order valence-electron chi connectivity index (χ4n) is 2.42. The van der Waals surface area contributed by atoms with E-state index in [2.05, 4.69) is 48.0 Å². The normalized spacial score (nSPS) is 12.2. The largest absolute Gasteiger partial charge is 0.496 e. The summed E-state index contributed by atoms with van der Waals surface area (Å²) in [7, 11) is 1.69. The molecule has 0 heterocycles. The molecule has 0 spiro atoms. The van der Waals surface area contributed by atoms with Crippen LogP contribution in [0.25, 0.3) is 0 Å². The molecule has 0 bridgehead atoms. The van der Waals surface area contributed by atoms with Gasteiger partial charge in [0.1, 0.15) is 5.75 Å². The van der Waals surface area contributed by atoms with Gasteiger partial charge in [0.15, 0.2) is 0 Å². The highest BCUT2D eigenvalue weighted by Gasteiger charge is 2.13. The Morgan fingerprint density at radius 1 is 1.15 bits per heavy atom. The summed E-state index contributed by atoms with van der Waals surface area (Å²) in [4.78, 5) is 0. The molecular formula is C17H20BrNO. The highest BCUT2D eigenvalue weighted by Crippen LogP contribution is 2.28. The van der Waals surface area contributed by atoms with Gasteiger partial charge in [0.05, 0.1) is 7.11 Å². The first-order valence-electron chi connectivity index (χ1n) is 6.67. The molecule has 0 aromatic heterocycles. The first-order valence-corrected chi connectivity index (χ1v) is 7.46. The van der Waals surface area contributed by atoms with E-state index in [1.54, 1.807) is 7.11 Å². The van der Waals surface area contributed by atoms with Gasteiger partial charge in [-0.2, -0.15) is 0 Å². The maximum atomic E-state index is 6.40. The van der Waals surface area contributed by atoms with Gasteiger partial charge in [0.25, 0.3) is 0 Å². The van der Waals surface area contributed by atoms with Gasteiger partial charge >= 0.3 is 0 Å². The number of rotatable bonds is 4. The zero-order chi connectivity index (χ0) is 14.7. The number of hydrogen-bond acceptors (Lipinski definition) is 2. The minimum absolute atomic E-state index is 0.0295. The molecule has 1 atom stereocenters. The molecule has 2 rings (SSSR count). The van der Waals surface area contributed by atoms with Crippen LogP contribution in [0.3, 0.4) is 0 Å². The molecule has 0 aliphatic heterocycles. The average molecular weight is 334 g/mol. The summed E-state index contributed by atoms with van der Waals surface area (Å²) in [6.07, 6.45) is 0.770. The molecule has 0 aliphatic carbocycles. The molecular weight excluding hydrogens is 314 g/mol. The number of benzene rings is 2. The van der Waals surface area contributed by atoms with Crippen LogP contribution in [0.4, 0.5) is 0 Å². The lowest BCUT2D eigenvalue weighted by atomic mass is 9.94. The maximum Gasteiger partial charge on any atom is 0.122 e. The smallest absolute Gasteiger partial charge is 0.122 e. The molecule has 0 amide bonds. The molecule has 2 aromatic rings. The highest BCUT2D eigenvalue weighted by atomic mass is 79.9. The number of methoxy groups -OCH3 is 1. The van der Waals surface area contributed by atoms with Gasteiger partial charge in [0, 0.05) is 10.5 Å². The van der Waals surface area contributed by atoms with E-state index in [1.165, 1.54) is 16.7 Å². The van der Waals surface area contributed by atoms with Crippen LogP contribution in [0.5, 0.6) is 5.75 Å². The summed E-state index contributed by atoms with van der Waals surface area (Å²) in [5.74, 6) is 0.898. The number of para-hydroxylation sites is 1. The van der Waals surface area contributed by atoms with E-state index < -0.39 is 0 Å². The van der Waals surface area contributed by atoms with Gasteiger partial charge < -0.3 is 10.5 Å². The molecule has 3 heteroatoms. The second-order valence-electron chi connectivity index (χ2n) is 5.08. The van der Waals surface area contributed by atoms with Crippen molar-refractivity contribution in [2.45, 2.75) is 26.3 Å². The van der Waals surface area contributed by atoms with Crippen molar-refractivity contribution in [2.75, 3.05) is 7.11 Å². The van der Waals surface area contributed by atoms with Gasteiger partial charge in [0.2, 0.25) is 0 Å². The molecule has 2 nitrogen and oxygen atoms in total. The fourth-order valence-corrected chi connectivity index (χ4v) is 2.88. The van der Waals surface area contributed by atoms with Crippen LogP contribution < -0.4 is 10.5 Å². The molecule has 0 aliphatic rings. The van der Waals surface area contributed by atoms with E-state index in [9.17, 15) is 0 Å². The van der Waals surface area contributed by atoms with Crippen molar-refractivity contribution in [2.24, 2.45) is 5.73 Å². The van der Waals surface area contributed by atoms with Gasteiger partial charge in [-0.05, 0) is 54.7 Å². The minimum atomic E-state index is -0.0295. The zero-order valence-electron chi connectivity index (χ0n) is 12.1. The first kappa shape index (κ1) is 15.1. The van der Waals surface area contributed by atoms with E-state index in [0.717, 1.165) is 22.2 Å². The highest BCUT2D eigenvalue weighted by molar-refractivity contribution is 9.10. The first-order chi connectivity index (χ1) is 9.52. The lowest BCUT2D eigenvalue weighted by Crippen LogP contribution is -2.15. The van der Waals surface area contributed by atoms with Crippen molar-refractivity contribution in [1.29, 1.82) is 0 Å². The second kappa shape index (κ2) is 6.42. The number of nitrogens with two attached hydrogens (primary N) is 1. The second-order valence-corrected chi connectivity index (χ2v) is 5.93. The Labute approximate surface area is 129 Å². The average Bonchev–Trinajstić information content (AvgIpc) is 2.43. The van der Waals surface area contributed by atoms with Crippen molar-refractivity contribution in [1.82, 2.24) is 0 Å². The predicted octanol–water partition coefficient (Wildman–Crippen LogP) is 4.32. The van der Waals surface area contributed by atoms with Gasteiger partial charge in [-0.25, -0.2) is 0 Å². The molecule has 0 radical (unpaired) electrons. The monoisotopic (exact) mass is 333 g/mol. The zero-order valence-corrected chi connectivity index (χ0v) is 13.7. The molecule has 2 aromatic carbocycles. The minimum Gasteiger partial charge on any atom is -0.496 e. The molecule has 2 N–H and O–H groups in total. The molecule has 1 unspecified atom stereocenters. The van der Waals surface area contributed by atoms with E-state index in [0.29, 0.717) is 0 Å². The number of ether oxygens (including phenoxy) is 1. The van der Waals surface area contributed by atoms with Crippen LogP contribution in [0.2, 0.25) is 0 Å². The maximum absolute atomic E-state index is 6.40. The summed E-state index contributed by atoms with van der Waals surface area (Å²) in [6.45, 7) is 4.18. The Kier molecular flexibility index (Phi) is 4.84. The van der Waals surface area contributed by atoms with Crippen molar-refractivity contribution >= 4 is 15.9 Å². The predicted molar refractivity (Wildman–Crippen MR) is 87.2 cm³/mol. The Hall–Kier alpha value is -1.32. The molecule has 0 saturated carbocycles. The van der Waals surface area contributed by atoms with E-state index in [4.69, 9.17) is 10.5 Å². The molecule has 106 valence electrons. The standard InChI is InChI=1S/C17H20BrNO/c1-11-9-15(18)12(2)8-14(11)16(19)10-13-6-4-5-7-17(13)20-3/h4-9,16H,10,19H2,1-3H3. The lowest BCUT2D eigenvalue weighted by molar-refractivity contribution is 0.408. The lowest BCUT2D eigenvalue weighted by Gasteiger charge is -2.18. The van der Waals surface area contributed by atoms with Crippen molar-refractivity contribution in [3.05, 3.63) is 63.1 Å². The van der Waals surface area contributed by atoms with Crippen LogP contribution in [0.1, 0.15) is 28.3 Å². The van der Waals surface area contributed by atoms with Crippen LogP contribution in [-0.2, 0) is 6.42 Å². The van der Waals surface area contributed by atoms with E-state index >= 15 is 0 Å². The SMILES string of the molecule is COc1ccccc1CC(N)c1cc(C)c(Br)cc1C. The van der Waals surface area contributed by atoms with Gasteiger partial charge in [-0.15, -0.1) is 0 Å². The summed E-state index contributed by atoms with van der Waals surface area (Å²) >= 11 is 3.56. The van der Waals surface area contributed by atoms with Gasteiger partial charge in [-0.1, -0.05) is 40.2 Å². The van der Waals surface area contributed by atoms with Crippen LogP contribution in [-0.4, -0.2) is 7.11 Å². The topological polar surface area (TPSA) is 35.2 Å². The van der Waals surface area contributed by atoms with Crippen LogP contribution in [0.15, 0.2) is 40.9 Å². The number of aryl methyl sites for hydroxylation is 2. The third-order valence-electron chi connectivity index (χ3n) is 3.58. The Morgan fingerprint density at radius 2 is 1.85 bits per heavy atom. The summed E-state index contributed by atoms with van der Waals surface area (Å²) in [6, 6.07) is 12.3. The summed E-state index contributed by atoms with van der Waals surface area (Å²) in [5.41, 5.74) is 11.2. The summed E-state index contributed by atoms with van der Waals surface area (Å²) in [5, 5.41) is 0. The quantitative estimate of drug-likeness (QED) is 0.904. The van der Waals surface area contributed by atoms with E-state index in [1.807, 2.05) is 18.2 Å². The summed E-state index contributed by atoms with van der Waals surface area (Å²) < 4.78 is 6.52. The Morgan fingerprint density at radius 3 is 2.55 bits per heavy atom. The Balaban J connectivity index is 2.28. The third kappa shape index (κ3) is 3.22. The third-order valence-corrected chi connectivity index (χ3v) is 4.43. The number of halogens is 1. The van der Waals surface area contributed by atoms with Crippen molar-refractivity contribution < 1.29 is 4.74 Å². The van der Waals surface area contributed by atoms with Crippen molar-refractivity contribution in [3.63, 3.8) is 0 Å². The molecule has 0 fully saturated rings. The van der Waals surface area contributed by atoms with Gasteiger partial charge in [-0.3, -0.25) is 0 Å². The van der Waals surface area contributed by atoms with E-state index in [-0.39, 0.29) is 6.04 Å². The van der Waals surface area contributed by atoms with Crippen LogP contribution in [0, 0.1) is 13.8 Å². The Bertz CT molecular complexity index is 610. The van der Waals surface area contributed by atoms with Crippen LogP contribution >= 0.6 is 15.9 Å². The molecule has 20 heavy (non-hydrogen) atoms. The van der Waals surface area contributed by atoms with Crippen molar-refractivity contribution in [3.8, 4) is 5.75 Å². The molecule has 0 saturated heterocycles.